The molecule has 3 N–H and O–H groups in total. The number of hydrogen-bond donors (Lipinski definition) is 3. The zero-order valence-electron chi connectivity index (χ0n) is 17.6. The van der Waals surface area contributed by atoms with E-state index in [2.05, 4.69) is 20.6 Å². The summed E-state index contributed by atoms with van der Waals surface area (Å²) >= 11 is 0. The molecule has 0 aliphatic carbocycles. The van der Waals surface area contributed by atoms with Crippen molar-refractivity contribution in [2.24, 2.45) is 0 Å². The number of sulfonamides is 1. The van der Waals surface area contributed by atoms with Crippen LogP contribution in [0.5, 0.6) is 5.75 Å². The smallest absolute Gasteiger partial charge is 0.264 e. The van der Waals surface area contributed by atoms with E-state index < -0.39 is 21.7 Å². The predicted molar refractivity (Wildman–Crippen MR) is 118 cm³/mol. The lowest BCUT2D eigenvalue weighted by Crippen LogP contribution is -2.28. The van der Waals surface area contributed by atoms with Gasteiger partial charge in [0.05, 0.1) is 11.1 Å². The highest BCUT2D eigenvalue weighted by Crippen LogP contribution is 2.24. The van der Waals surface area contributed by atoms with Crippen molar-refractivity contribution in [3.63, 3.8) is 0 Å². The molecular formula is C21H19FN6O4S. The minimum Gasteiger partial charge on any atom is -0.479 e. The van der Waals surface area contributed by atoms with E-state index >= 15 is 0 Å². The molecule has 0 fully saturated rings. The van der Waals surface area contributed by atoms with Gasteiger partial charge in [-0.2, -0.15) is 10.2 Å². The van der Waals surface area contributed by atoms with Gasteiger partial charge in [-0.3, -0.25) is 4.79 Å². The summed E-state index contributed by atoms with van der Waals surface area (Å²) in [5, 5.41) is 14.2. The number of nitrogens with zero attached hydrogens (tertiary/aromatic N) is 3. The Kier molecular flexibility index (Phi) is 7.04. The maximum Gasteiger partial charge on any atom is 0.264 e. The second-order valence-corrected chi connectivity index (χ2v) is 8.40. The zero-order chi connectivity index (χ0) is 24.0. The molecule has 1 amide bonds. The molecule has 1 aromatic heterocycles. The number of amides is 1. The van der Waals surface area contributed by atoms with Gasteiger partial charge in [0.1, 0.15) is 11.8 Å². The summed E-state index contributed by atoms with van der Waals surface area (Å²) in [6.45, 7) is 2.60. The molecule has 10 nitrogen and oxygen atoms in total. The molecule has 0 unspecified atom stereocenters. The fraction of sp³-hybridized carbons (Fsp3) is 0.143. The Labute approximate surface area is 189 Å². The number of carbonyl (C=O) groups is 1. The number of aryl methyl sites for hydroxylation is 1. The number of hydrogen-bond acceptors (Lipinski definition) is 9. The Bertz CT molecular complexity index is 1320. The van der Waals surface area contributed by atoms with Gasteiger partial charge in [0.2, 0.25) is 11.9 Å². The van der Waals surface area contributed by atoms with Gasteiger partial charge in [-0.05, 0) is 48.9 Å². The molecule has 0 saturated carbocycles. The van der Waals surface area contributed by atoms with Crippen LogP contribution in [0, 0.1) is 24.1 Å². The van der Waals surface area contributed by atoms with Gasteiger partial charge < -0.3 is 15.4 Å². The number of carbonyl (C=O) groups excluding carboxylic acids is 1. The van der Waals surface area contributed by atoms with Crippen molar-refractivity contribution in [3.8, 4) is 11.8 Å². The first-order chi connectivity index (χ1) is 15.7. The molecule has 0 atom stereocenters. The van der Waals surface area contributed by atoms with E-state index in [0.29, 0.717) is 22.7 Å². The number of benzene rings is 2. The van der Waals surface area contributed by atoms with Crippen LogP contribution >= 0.6 is 0 Å². The lowest BCUT2D eigenvalue weighted by atomic mass is 10.2. The van der Waals surface area contributed by atoms with Crippen LogP contribution in [-0.4, -0.2) is 30.9 Å². The number of nitriles is 1. The number of rotatable bonds is 8. The van der Waals surface area contributed by atoms with Crippen LogP contribution < -0.4 is 20.1 Å². The van der Waals surface area contributed by atoms with E-state index in [1.165, 1.54) is 6.07 Å². The molecule has 1 heterocycles. The van der Waals surface area contributed by atoms with Gasteiger partial charge in [-0.15, -0.1) is 0 Å². The van der Waals surface area contributed by atoms with Crippen molar-refractivity contribution in [3.05, 3.63) is 60.0 Å². The average molecular weight is 470 g/mol. The van der Waals surface area contributed by atoms with E-state index in [9.17, 15) is 17.6 Å². The Balaban J connectivity index is 1.81. The third kappa shape index (κ3) is 6.14. The summed E-state index contributed by atoms with van der Waals surface area (Å²) < 4.78 is 46.1. The molecule has 33 heavy (non-hydrogen) atoms. The zero-order valence-corrected chi connectivity index (χ0v) is 18.4. The molecule has 2 aromatic carbocycles. The number of anilines is 4. The monoisotopic (exact) mass is 470 g/mol. The topological polar surface area (TPSA) is 146 Å². The van der Waals surface area contributed by atoms with Crippen LogP contribution in [0.2, 0.25) is 0 Å². The van der Waals surface area contributed by atoms with Crippen molar-refractivity contribution in [1.82, 2.24) is 14.7 Å². The van der Waals surface area contributed by atoms with Gasteiger partial charge in [0.25, 0.3) is 10.0 Å². The Morgan fingerprint density at radius 2 is 1.85 bits per heavy atom. The number of ether oxygens (including phenoxy) is 1. The molecule has 0 radical (unpaired) electrons. The number of nitrogens with one attached hydrogen (secondary N) is 3. The molecular weight excluding hydrogens is 451 g/mol. The van der Waals surface area contributed by atoms with Crippen LogP contribution in [0.25, 0.3) is 0 Å². The van der Waals surface area contributed by atoms with Crippen molar-refractivity contribution in [2.45, 2.75) is 18.7 Å². The number of halogens is 1. The Morgan fingerprint density at radius 3 is 2.52 bits per heavy atom. The first-order valence-corrected chi connectivity index (χ1v) is 11.0. The maximum absolute atomic E-state index is 14.2. The van der Waals surface area contributed by atoms with Crippen molar-refractivity contribution < 1.29 is 22.3 Å². The maximum atomic E-state index is 14.2. The van der Waals surface area contributed by atoms with Crippen LogP contribution in [0.4, 0.5) is 27.5 Å². The third-order valence-corrected chi connectivity index (χ3v) is 5.75. The van der Waals surface area contributed by atoms with Crippen LogP contribution in [0.1, 0.15) is 12.5 Å². The highest BCUT2D eigenvalue weighted by molar-refractivity contribution is 7.90. The van der Waals surface area contributed by atoms with E-state index in [1.54, 1.807) is 43.3 Å². The van der Waals surface area contributed by atoms with Gasteiger partial charge in [0, 0.05) is 18.3 Å². The number of aromatic nitrogens is 2. The highest BCUT2D eigenvalue weighted by Gasteiger charge is 2.19. The molecule has 12 heteroatoms. The molecule has 170 valence electrons. The quantitative estimate of drug-likeness (QED) is 0.452. The van der Waals surface area contributed by atoms with E-state index in [4.69, 9.17) is 10.00 Å². The standard InChI is InChI=1S/C21H19FN6O4S/c1-13-3-4-16(11-19(13)33(30,31)28-14(2)29)26-21-24-12-18(22)20(27-21)25-15-5-7-17(8-6-15)32-10-9-23/h3-8,11-12H,10H2,1-2H3,(H,28,29)(H2,24,25,26,27). The minimum absolute atomic E-state index is 0.0135. The van der Waals surface area contributed by atoms with Crippen molar-refractivity contribution in [1.29, 1.82) is 5.26 Å². The Hall–Kier alpha value is -4.24. The summed E-state index contributed by atoms with van der Waals surface area (Å²) in [5.74, 6) is -1.04. The lowest BCUT2D eigenvalue weighted by molar-refractivity contribution is -0.117. The molecule has 0 saturated heterocycles. The SMILES string of the molecule is CC(=O)NS(=O)(=O)c1cc(Nc2ncc(F)c(Nc3ccc(OCC#N)cc3)n2)ccc1C. The normalized spacial score (nSPS) is 10.7. The summed E-state index contributed by atoms with van der Waals surface area (Å²) in [6, 6.07) is 12.8. The first-order valence-electron chi connectivity index (χ1n) is 9.48. The van der Waals surface area contributed by atoms with Crippen LogP contribution in [0.3, 0.4) is 0 Å². The van der Waals surface area contributed by atoms with E-state index in [-0.39, 0.29) is 23.3 Å². The summed E-state index contributed by atoms with van der Waals surface area (Å²) in [7, 11) is -4.05. The fourth-order valence-corrected chi connectivity index (χ4v) is 4.00. The largest absolute Gasteiger partial charge is 0.479 e. The van der Waals surface area contributed by atoms with Gasteiger partial charge in [-0.25, -0.2) is 22.5 Å². The minimum atomic E-state index is -4.05. The fourth-order valence-electron chi connectivity index (χ4n) is 2.74. The molecule has 3 rings (SSSR count). The lowest BCUT2D eigenvalue weighted by Gasteiger charge is -2.12. The summed E-state index contributed by atoms with van der Waals surface area (Å²) in [4.78, 5) is 19.1. The molecule has 0 aliphatic rings. The van der Waals surface area contributed by atoms with Gasteiger partial charge >= 0.3 is 0 Å². The van der Waals surface area contributed by atoms with E-state index in [1.807, 2.05) is 10.8 Å². The van der Waals surface area contributed by atoms with E-state index in [0.717, 1.165) is 13.1 Å². The third-order valence-electron chi connectivity index (χ3n) is 4.18. The molecule has 3 aromatic rings. The first kappa shape index (κ1) is 23.4. The molecule has 0 aliphatic heterocycles. The summed E-state index contributed by atoms with van der Waals surface area (Å²) in [5.41, 5.74) is 1.27. The van der Waals surface area contributed by atoms with Crippen LogP contribution in [0.15, 0.2) is 53.6 Å². The van der Waals surface area contributed by atoms with Crippen LogP contribution in [-0.2, 0) is 14.8 Å². The molecule has 0 spiro atoms. The van der Waals surface area contributed by atoms with Gasteiger partial charge in [-0.1, -0.05) is 6.07 Å². The van der Waals surface area contributed by atoms with Crippen molar-refractivity contribution >= 4 is 39.1 Å². The predicted octanol–water partition coefficient (Wildman–Crippen LogP) is 3.14. The second-order valence-electron chi connectivity index (χ2n) is 6.75. The van der Waals surface area contributed by atoms with Gasteiger partial charge in [0.15, 0.2) is 18.2 Å². The Morgan fingerprint density at radius 1 is 1.15 bits per heavy atom. The average Bonchev–Trinajstić information content (AvgIpc) is 2.76. The van der Waals surface area contributed by atoms with Crippen molar-refractivity contribution in [2.75, 3.05) is 17.2 Å². The molecule has 0 bridgehead atoms. The summed E-state index contributed by atoms with van der Waals surface area (Å²) in [6.07, 6.45) is 0.964. The highest BCUT2D eigenvalue weighted by atomic mass is 32.2. The second kappa shape index (κ2) is 9.92.